The molecule has 86 valence electrons. The summed E-state index contributed by atoms with van der Waals surface area (Å²) in [5, 5.41) is 2.40. The minimum Gasteiger partial charge on any atom is -0.466 e. The van der Waals surface area contributed by atoms with E-state index in [0.29, 0.717) is 5.70 Å². The first-order valence-corrected chi connectivity index (χ1v) is 4.51. The van der Waals surface area contributed by atoms with E-state index in [1.165, 1.54) is 13.2 Å². The molecule has 0 aliphatic heterocycles. The maximum Gasteiger partial charge on any atom is 0.411 e. The van der Waals surface area contributed by atoms with Crippen LogP contribution in [0.5, 0.6) is 0 Å². The Labute approximate surface area is 89.4 Å². The Morgan fingerprint density at radius 2 is 1.80 bits per heavy atom. The van der Waals surface area contributed by atoms with Gasteiger partial charge in [0.05, 0.1) is 7.11 Å². The van der Waals surface area contributed by atoms with Crippen LogP contribution in [0.4, 0.5) is 4.79 Å². The van der Waals surface area contributed by atoms with Crippen molar-refractivity contribution in [1.29, 1.82) is 0 Å². The van der Waals surface area contributed by atoms with Crippen LogP contribution in [-0.2, 0) is 14.3 Å². The Morgan fingerprint density at radius 3 is 2.20 bits per heavy atom. The third-order valence-corrected chi connectivity index (χ3v) is 1.23. The van der Waals surface area contributed by atoms with Crippen LogP contribution >= 0.6 is 0 Å². The van der Waals surface area contributed by atoms with E-state index in [1.54, 1.807) is 27.7 Å². The molecule has 0 atom stereocenters. The Balaban J connectivity index is 4.19. The third kappa shape index (κ3) is 7.54. The molecule has 0 saturated carbocycles. The third-order valence-electron chi connectivity index (χ3n) is 1.23. The van der Waals surface area contributed by atoms with Crippen LogP contribution in [0.3, 0.4) is 0 Å². The van der Waals surface area contributed by atoms with Crippen LogP contribution in [0, 0.1) is 0 Å². The van der Waals surface area contributed by atoms with E-state index in [4.69, 9.17) is 4.74 Å². The average Bonchev–Trinajstić information content (AvgIpc) is 1.99. The molecule has 15 heavy (non-hydrogen) atoms. The van der Waals surface area contributed by atoms with E-state index in [9.17, 15) is 9.59 Å². The van der Waals surface area contributed by atoms with Crippen LogP contribution in [0.1, 0.15) is 27.7 Å². The molecule has 0 spiro atoms. The topological polar surface area (TPSA) is 64.6 Å². The minimum atomic E-state index is -0.597. The van der Waals surface area contributed by atoms with Crippen molar-refractivity contribution in [3.8, 4) is 0 Å². The molecule has 0 bridgehead atoms. The summed E-state index contributed by atoms with van der Waals surface area (Å²) in [5.41, 5.74) is -0.189. The summed E-state index contributed by atoms with van der Waals surface area (Å²) in [4.78, 5) is 22.0. The van der Waals surface area contributed by atoms with Crippen LogP contribution < -0.4 is 5.32 Å². The quantitative estimate of drug-likeness (QED) is 0.561. The zero-order valence-electron chi connectivity index (χ0n) is 9.71. The van der Waals surface area contributed by atoms with Gasteiger partial charge in [-0.05, 0) is 27.7 Å². The minimum absolute atomic E-state index is 0.371. The van der Waals surface area contributed by atoms with Gasteiger partial charge in [0.15, 0.2) is 0 Å². The first-order chi connectivity index (χ1) is 6.74. The molecule has 0 aromatic rings. The molecule has 0 aromatic carbocycles. The number of hydrogen-bond donors (Lipinski definition) is 1. The highest BCUT2D eigenvalue weighted by Crippen LogP contribution is 2.06. The van der Waals surface area contributed by atoms with Crippen LogP contribution in [0.15, 0.2) is 11.8 Å². The van der Waals surface area contributed by atoms with Crippen LogP contribution in [-0.4, -0.2) is 24.8 Å². The zero-order chi connectivity index (χ0) is 12.1. The Bertz CT molecular complexity index is 276. The monoisotopic (exact) mass is 215 g/mol. The number of allylic oxidation sites excluding steroid dienone is 1. The fourth-order valence-corrected chi connectivity index (χ4v) is 0.736. The van der Waals surface area contributed by atoms with Gasteiger partial charge in [0.25, 0.3) is 0 Å². The van der Waals surface area contributed by atoms with E-state index in [0.717, 1.165) is 0 Å². The van der Waals surface area contributed by atoms with Crippen molar-refractivity contribution in [2.45, 2.75) is 33.3 Å². The molecular weight excluding hydrogens is 198 g/mol. The summed E-state index contributed by atoms with van der Waals surface area (Å²) in [6, 6.07) is 0. The van der Waals surface area contributed by atoms with E-state index in [2.05, 4.69) is 10.1 Å². The number of hydrogen-bond acceptors (Lipinski definition) is 4. The fourth-order valence-electron chi connectivity index (χ4n) is 0.736. The van der Waals surface area contributed by atoms with E-state index < -0.39 is 17.7 Å². The molecule has 0 fully saturated rings. The first-order valence-electron chi connectivity index (χ1n) is 4.51. The lowest BCUT2D eigenvalue weighted by molar-refractivity contribution is -0.134. The average molecular weight is 215 g/mol. The normalized spacial score (nSPS) is 11.9. The van der Waals surface area contributed by atoms with Gasteiger partial charge < -0.3 is 9.47 Å². The number of carbonyl (C=O) groups is 2. The molecule has 0 aromatic heterocycles. The van der Waals surface area contributed by atoms with Gasteiger partial charge in [0.2, 0.25) is 0 Å². The highest BCUT2D eigenvalue weighted by atomic mass is 16.6. The number of nitrogens with one attached hydrogen (secondary N) is 1. The lowest BCUT2D eigenvalue weighted by Crippen LogP contribution is -2.31. The number of esters is 1. The summed E-state index contributed by atoms with van der Waals surface area (Å²) in [6.45, 7) is 6.84. The summed E-state index contributed by atoms with van der Waals surface area (Å²) in [6.07, 6.45) is 0.573. The molecule has 0 aliphatic carbocycles. The number of carbonyl (C=O) groups excluding carboxylic acids is 2. The standard InChI is InChI=1S/C10H17NO4/c1-7(6-8(12)14-5)11-9(13)15-10(2,3)4/h6H,1-5H3,(H,11,13)/b7-6-. The second-order valence-electron chi connectivity index (χ2n) is 3.98. The molecule has 0 rings (SSSR count). The van der Waals surface area contributed by atoms with E-state index in [-0.39, 0.29) is 0 Å². The second-order valence-corrected chi connectivity index (χ2v) is 3.98. The summed E-state index contributed by atoms with van der Waals surface area (Å²) in [5.74, 6) is -0.524. The largest absolute Gasteiger partial charge is 0.466 e. The summed E-state index contributed by atoms with van der Waals surface area (Å²) < 4.78 is 9.38. The maximum absolute atomic E-state index is 11.2. The highest BCUT2D eigenvalue weighted by Gasteiger charge is 2.16. The van der Waals surface area contributed by atoms with Crippen molar-refractivity contribution in [2.75, 3.05) is 7.11 Å². The molecule has 0 aliphatic rings. The number of alkyl carbamates (subject to hydrolysis) is 1. The van der Waals surface area contributed by atoms with Gasteiger partial charge in [-0.1, -0.05) is 0 Å². The summed E-state index contributed by atoms with van der Waals surface area (Å²) in [7, 11) is 1.26. The van der Waals surface area contributed by atoms with Gasteiger partial charge >= 0.3 is 12.1 Å². The molecule has 0 radical (unpaired) electrons. The molecule has 0 unspecified atom stereocenters. The van der Waals surface area contributed by atoms with Crippen molar-refractivity contribution >= 4 is 12.1 Å². The number of ether oxygens (including phenoxy) is 2. The van der Waals surface area contributed by atoms with Crippen molar-refractivity contribution < 1.29 is 19.1 Å². The van der Waals surface area contributed by atoms with Crippen molar-refractivity contribution in [3.05, 3.63) is 11.8 Å². The SMILES string of the molecule is COC(=O)/C=C(/C)NC(=O)OC(C)(C)C. The van der Waals surface area contributed by atoms with Gasteiger partial charge in [-0.2, -0.15) is 0 Å². The van der Waals surface area contributed by atoms with Crippen molar-refractivity contribution in [3.63, 3.8) is 0 Å². The van der Waals surface area contributed by atoms with Gasteiger partial charge in [-0.3, -0.25) is 5.32 Å². The Hall–Kier alpha value is -1.52. The van der Waals surface area contributed by atoms with Gasteiger partial charge in [-0.25, -0.2) is 9.59 Å². The van der Waals surface area contributed by atoms with Gasteiger partial charge in [-0.15, -0.1) is 0 Å². The summed E-state index contributed by atoms with van der Waals surface area (Å²) >= 11 is 0. The number of methoxy groups -OCH3 is 1. The van der Waals surface area contributed by atoms with E-state index >= 15 is 0 Å². The molecule has 5 nitrogen and oxygen atoms in total. The second kappa shape index (κ2) is 5.38. The number of rotatable bonds is 2. The van der Waals surface area contributed by atoms with E-state index in [1.807, 2.05) is 0 Å². The maximum atomic E-state index is 11.2. The molecule has 1 N–H and O–H groups in total. The van der Waals surface area contributed by atoms with Crippen LogP contribution in [0.25, 0.3) is 0 Å². The highest BCUT2D eigenvalue weighted by molar-refractivity contribution is 5.83. The number of amides is 1. The molecule has 0 saturated heterocycles. The molecule has 1 amide bonds. The molecule has 0 heterocycles. The predicted octanol–water partition coefficient (Wildman–Crippen LogP) is 1.59. The lowest BCUT2D eigenvalue weighted by Gasteiger charge is -2.19. The van der Waals surface area contributed by atoms with Crippen molar-refractivity contribution in [2.24, 2.45) is 0 Å². The predicted molar refractivity (Wildman–Crippen MR) is 55.1 cm³/mol. The smallest absolute Gasteiger partial charge is 0.411 e. The lowest BCUT2D eigenvalue weighted by atomic mass is 10.2. The molecule has 5 heteroatoms. The fraction of sp³-hybridized carbons (Fsp3) is 0.600. The Morgan fingerprint density at radius 1 is 1.27 bits per heavy atom. The van der Waals surface area contributed by atoms with Gasteiger partial charge in [0.1, 0.15) is 5.60 Å². The zero-order valence-corrected chi connectivity index (χ0v) is 9.71. The Kier molecular flexibility index (Phi) is 4.84. The molecular formula is C10H17NO4. The van der Waals surface area contributed by atoms with Crippen LogP contribution in [0.2, 0.25) is 0 Å². The van der Waals surface area contributed by atoms with Crippen molar-refractivity contribution in [1.82, 2.24) is 5.32 Å². The first kappa shape index (κ1) is 13.5. The van der Waals surface area contributed by atoms with Gasteiger partial charge in [0, 0.05) is 11.8 Å².